The van der Waals surface area contributed by atoms with Gasteiger partial charge in [-0.1, -0.05) is 0 Å². The molecule has 0 saturated carbocycles. The first-order valence-corrected chi connectivity index (χ1v) is 4.82. The normalized spacial score (nSPS) is 30.8. The lowest BCUT2D eigenvalue weighted by Gasteiger charge is -2.29. The van der Waals surface area contributed by atoms with Gasteiger partial charge in [0.05, 0.1) is 18.2 Å². The van der Waals surface area contributed by atoms with Crippen molar-refractivity contribution in [2.75, 3.05) is 20.7 Å². The fourth-order valence-electron chi connectivity index (χ4n) is 2.03. The Morgan fingerprint density at radius 3 is 2.47 bits per heavy atom. The lowest BCUT2D eigenvalue weighted by atomic mass is 10.1. The van der Waals surface area contributed by atoms with Gasteiger partial charge in [0.25, 0.3) is 0 Å². The zero-order valence-electron chi connectivity index (χ0n) is 9.04. The number of likely N-dealkylation sites (tertiary alicyclic amines) is 1. The zero-order valence-corrected chi connectivity index (χ0v) is 9.04. The molecule has 6 heteroatoms. The predicted molar refractivity (Wildman–Crippen MR) is 48.4 cm³/mol. The number of rotatable bonds is 3. The number of hydrogen-bond acceptors (Lipinski definition) is 3. The summed E-state index contributed by atoms with van der Waals surface area (Å²) in [7, 11) is 3.27. The first-order valence-electron chi connectivity index (χ1n) is 4.82. The third-order valence-corrected chi connectivity index (χ3v) is 2.79. The summed E-state index contributed by atoms with van der Waals surface area (Å²) in [6.45, 7) is 2.35. The van der Waals surface area contributed by atoms with Crippen molar-refractivity contribution in [2.45, 2.75) is 38.0 Å². The van der Waals surface area contributed by atoms with Gasteiger partial charge in [-0.15, -0.1) is 13.2 Å². The van der Waals surface area contributed by atoms with Crippen molar-refractivity contribution in [3.63, 3.8) is 0 Å². The summed E-state index contributed by atoms with van der Waals surface area (Å²) >= 11 is 0. The Bertz CT molecular complexity index is 210. The summed E-state index contributed by atoms with van der Waals surface area (Å²) in [6, 6.07) is -0.336. The van der Waals surface area contributed by atoms with E-state index in [9.17, 15) is 13.2 Å². The molecule has 0 N–H and O–H groups in total. The van der Waals surface area contributed by atoms with Gasteiger partial charge in [-0.25, -0.2) is 0 Å². The maximum absolute atomic E-state index is 12.1. The number of ether oxygens (including phenoxy) is 2. The number of nitrogens with zero attached hydrogens (tertiary/aromatic N) is 1. The SMILES string of the molecule is CO[C@@H](C)[C@@H]1[C@@H](OC(F)(F)F)CCN1C. The monoisotopic (exact) mass is 227 g/mol. The first kappa shape index (κ1) is 12.7. The summed E-state index contributed by atoms with van der Waals surface area (Å²) in [5.41, 5.74) is 0. The highest BCUT2D eigenvalue weighted by Gasteiger charge is 2.43. The first-order chi connectivity index (χ1) is 6.85. The Labute approximate surface area is 87.1 Å². The summed E-state index contributed by atoms with van der Waals surface area (Å²) < 4.78 is 45.4. The quantitative estimate of drug-likeness (QED) is 0.731. The Morgan fingerprint density at radius 1 is 1.40 bits per heavy atom. The maximum Gasteiger partial charge on any atom is 0.522 e. The van der Waals surface area contributed by atoms with Gasteiger partial charge in [0.15, 0.2) is 0 Å². The molecule has 1 heterocycles. The van der Waals surface area contributed by atoms with E-state index in [2.05, 4.69) is 4.74 Å². The van der Waals surface area contributed by atoms with E-state index in [1.165, 1.54) is 7.11 Å². The van der Waals surface area contributed by atoms with Crippen LogP contribution in [0.1, 0.15) is 13.3 Å². The number of likely N-dealkylation sites (N-methyl/N-ethyl adjacent to an activating group) is 1. The van der Waals surface area contributed by atoms with Crippen LogP contribution in [-0.2, 0) is 9.47 Å². The van der Waals surface area contributed by atoms with E-state index in [1.54, 1.807) is 14.0 Å². The maximum atomic E-state index is 12.1. The van der Waals surface area contributed by atoms with Gasteiger partial charge in [-0.3, -0.25) is 9.64 Å². The molecule has 15 heavy (non-hydrogen) atoms. The van der Waals surface area contributed by atoms with Crippen molar-refractivity contribution in [3.8, 4) is 0 Å². The third-order valence-electron chi connectivity index (χ3n) is 2.79. The average molecular weight is 227 g/mol. The molecule has 0 amide bonds. The van der Waals surface area contributed by atoms with Crippen LogP contribution in [0.4, 0.5) is 13.2 Å². The van der Waals surface area contributed by atoms with Crippen LogP contribution >= 0.6 is 0 Å². The lowest BCUT2D eigenvalue weighted by molar-refractivity contribution is -0.346. The highest BCUT2D eigenvalue weighted by Crippen LogP contribution is 2.29. The molecule has 0 aliphatic carbocycles. The van der Waals surface area contributed by atoms with E-state index < -0.39 is 12.5 Å². The number of methoxy groups -OCH3 is 1. The molecule has 0 aromatic rings. The van der Waals surface area contributed by atoms with E-state index in [0.717, 1.165) is 0 Å². The molecule has 3 nitrogen and oxygen atoms in total. The van der Waals surface area contributed by atoms with Gasteiger partial charge in [-0.2, -0.15) is 0 Å². The largest absolute Gasteiger partial charge is 0.522 e. The molecule has 90 valence electrons. The molecule has 0 unspecified atom stereocenters. The fourth-order valence-corrected chi connectivity index (χ4v) is 2.03. The van der Waals surface area contributed by atoms with Crippen molar-refractivity contribution < 1.29 is 22.6 Å². The molecule has 1 fully saturated rings. The Balaban J connectivity index is 2.64. The van der Waals surface area contributed by atoms with Crippen molar-refractivity contribution in [1.29, 1.82) is 0 Å². The van der Waals surface area contributed by atoms with Crippen LogP contribution in [0.3, 0.4) is 0 Å². The van der Waals surface area contributed by atoms with Crippen LogP contribution in [0, 0.1) is 0 Å². The van der Waals surface area contributed by atoms with E-state index >= 15 is 0 Å². The van der Waals surface area contributed by atoms with E-state index in [-0.39, 0.29) is 12.1 Å². The highest BCUT2D eigenvalue weighted by atomic mass is 19.4. The minimum atomic E-state index is -4.57. The van der Waals surface area contributed by atoms with Crippen molar-refractivity contribution in [1.82, 2.24) is 4.90 Å². The topological polar surface area (TPSA) is 21.7 Å². The Kier molecular flexibility index (Phi) is 3.97. The van der Waals surface area contributed by atoms with Gasteiger partial charge >= 0.3 is 6.36 Å². The van der Waals surface area contributed by atoms with Gasteiger partial charge in [-0.05, 0) is 20.4 Å². The molecule has 3 atom stereocenters. The molecule has 0 bridgehead atoms. The highest BCUT2D eigenvalue weighted by molar-refractivity contribution is 4.90. The van der Waals surface area contributed by atoms with E-state index in [0.29, 0.717) is 13.0 Å². The number of alkyl halides is 3. The molecule has 0 radical (unpaired) electrons. The van der Waals surface area contributed by atoms with Gasteiger partial charge < -0.3 is 4.74 Å². The number of hydrogen-bond donors (Lipinski definition) is 0. The lowest BCUT2D eigenvalue weighted by Crippen LogP contribution is -2.44. The smallest absolute Gasteiger partial charge is 0.380 e. The third kappa shape index (κ3) is 3.32. The predicted octanol–water partition coefficient (Wildman–Crippen LogP) is 1.63. The molecule has 1 rings (SSSR count). The molecular weight excluding hydrogens is 211 g/mol. The average Bonchev–Trinajstić information content (AvgIpc) is 2.43. The summed E-state index contributed by atoms with van der Waals surface area (Å²) in [5.74, 6) is 0. The van der Waals surface area contributed by atoms with Gasteiger partial charge in [0.2, 0.25) is 0 Å². The minimum absolute atomic E-state index is 0.273. The molecule has 0 spiro atoms. The molecular formula is C9H16F3NO2. The molecule has 1 aliphatic heterocycles. The second kappa shape index (κ2) is 4.67. The van der Waals surface area contributed by atoms with Crippen molar-refractivity contribution >= 4 is 0 Å². The molecule has 1 saturated heterocycles. The van der Waals surface area contributed by atoms with Crippen molar-refractivity contribution in [2.24, 2.45) is 0 Å². The van der Waals surface area contributed by atoms with Crippen molar-refractivity contribution in [3.05, 3.63) is 0 Å². The Hall–Kier alpha value is -0.330. The summed E-state index contributed by atoms with van der Waals surface area (Å²) in [6.07, 6.45) is -5.29. The van der Waals surface area contributed by atoms with Crippen LogP contribution in [0.2, 0.25) is 0 Å². The van der Waals surface area contributed by atoms with Crippen LogP contribution in [-0.4, -0.2) is 50.2 Å². The van der Waals surface area contributed by atoms with Crippen LogP contribution < -0.4 is 0 Å². The second-order valence-electron chi connectivity index (χ2n) is 3.80. The fraction of sp³-hybridized carbons (Fsp3) is 1.00. The minimum Gasteiger partial charge on any atom is -0.380 e. The zero-order chi connectivity index (χ0) is 11.6. The number of halogens is 3. The summed E-state index contributed by atoms with van der Waals surface area (Å²) in [5, 5.41) is 0. The Morgan fingerprint density at radius 2 is 2.00 bits per heavy atom. The van der Waals surface area contributed by atoms with Gasteiger partial charge in [0, 0.05) is 13.7 Å². The summed E-state index contributed by atoms with van der Waals surface area (Å²) in [4.78, 5) is 1.84. The molecule has 0 aromatic carbocycles. The van der Waals surface area contributed by atoms with E-state index in [1.807, 2.05) is 4.90 Å². The second-order valence-corrected chi connectivity index (χ2v) is 3.80. The van der Waals surface area contributed by atoms with Crippen LogP contribution in [0.15, 0.2) is 0 Å². The molecule has 1 aliphatic rings. The van der Waals surface area contributed by atoms with Crippen LogP contribution in [0.25, 0.3) is 0 Å². The van der Waals surface area contributed by atoms with E-state index in [4.69, 9.17) is 4.74 Å². The molecule has 0 aromatic heterocycles. The van der Waals surface area contributed by atoms with Gasteiger partial charge in [0.1, 0.15) is 0 Å². The van der Waals surface area contributed by atoms with Crippen LogP contribution in [0.5, 0.6) is 0 Å². The standard InChI is InChI=1S/C9H16F3NO2/c1-6(14-3)8-7(4-5-13(8)2)15-9(10,11)12/h6-8H,4-5H2,1-3H3/t6-,7-,8+/m0/s1.